The predicted octanol–water partition coefficient (Wildman–Crippen LogP) is 3.76. The van der Waals surface area contributed by atoms with Crippen molar-refractivity contribution in [2.24, 2.45) is 0 Å². The van der Waals surface area contributed by atoms with Crippen molar-refractivity contribution in [1.29, 1.82) is 0 Å². The van der Waals surface area contributed by atoms with Gasteiger partial charge in [0.25, 0.3) is 5.91 Å². The first-order valence-electron chi connectivity index (χ1n) is 8.27. The van der Waals surface area contributed by atoms with Crippen LogP contribution in [0.3, 0.4) is 0 Å². The van der Waals surface area contributed by atoms with Gasteiger partial charge in [-0.25, -0.2) is 0 Å². The Balaban J connectivity index is 1.64. The topological polar surface area (TPSA) is 84.0 Å². The van der Waals surface area contributed by atoms with Gasteiger partial charge in [-0.3, -0.25) is 9.59 Å². The summed E-state index contributed by atoms with van der Waals surface area (Å²) in [6.07, 6.45) is 0. The zero-order chi connectivity index (χ0) is 19.1. The molecule has 0 radical (unpaired) electrons. The summed E-state index contributed by atoms with van der Waals surface area (Å²) in [6.45, 7) is 1.92. The van der Waals surface area contributed by atoms with Gasteiger partial charge in [-0.1, -0.05) is 65.6 Å². The second-order valence-electron chi connectivity index (χ2n) is 5.69. The van der Waals surface area contributed by atoms with Gasteiger partial charge in [0.05, 0.1) is 23.0 Å². The molecule has 8 heteroatoms. The summed E-state index contributed by atoms with van der Waals surface area (Å²) >= 11 is 2.69. The lowest BCUT2D eigenvalue weighted by Gasteiger charge is -2.16. The zero-order valence-electron chi connectivity index (χ0n) is 14.6. The molecule has 0 saturated heterocycles. The number of rotatable bonds is 7. The number of carbonyl (C=O) groups is 2. The molecule has 2 aromatic carbocycles. The Hall–Kier alpha value is -2.71. The highest BCUT2D eigenvalue weighted by Crippen LogP contribution is 2.21. The van der Waals surface area contributed by atoms with Crippen LogP contribution in [0, 0.1) is 0 Å². The Morgan fingerprint density at radius 1 is 1.11 bits per heavy atom. The Morgan fingerprint density at radius 3 is 2.59 bits per heavy atom. The molecule has 27 heavy (non-hydrogen) atoms. The summed E-state index contributed by atoms with van der Waals surface area (Å²) in [4.78, 5) is 24.9. The highest BCUT2D eigenvalue weighted by molar-refractivity contribution is 8.01. The molecule has 0 aliphatic rings. The van der Waals surface area contributed by atoms with Crippen LogP contribution < -0.4 is 10.6 Å². The molecule has 3 aromatic rings. The van der Waals surface area contributed by atoms with Crippen molar-refractivity contribution in [2.75, 3.05) is 11.1 Å². The summed E-state index contributed by atoms with van der Waals surface area (Å²) in [7, 11) is 0. The van der Waals surface area contributed by atoms with Crippen molar-refractivity contribution in [3.63, 3.8) is 0 Å². The smallest absolute Gasteiger partial charge is 0.253 e. The number of aromatic nitrogens is 2. The van der Waals surface area contributed by atoms with E-state index in [4.69, 9.17) is 0 Å². The minimum atomic E-state index is -0.237. The first-order valence-corrected chi connectivity index (χ1v) is 10.1. The van der Waals surface area contributed by atoms with E-state index in [1.54, 1.807) is 29.8 Å². The summed E-state index contributed by atoms with van der Waals surface area (Å²) in [5.41, 5.74) is 3.54. The lowest BCUT2D eigenvalue weighted by molar-refractivity contribution is -0.113. The van der Waals surface area contributed by atoms with Crippen LogP contribution in [0.15, 0.2) is 64.4 Å². The number of benzene rings is 2. The highest BCUT2D eigenvalue weighted by Gasteiger charge is 2.16. The molecule has 0 bridgehead atoms. The van der Waals surface area contributed by atoms with Crippen molar-refractivity contribution < 1.29 is 9.59 Å². The molecular weight excluding hydrogens is 380 g/mol. The minimum absolute atomic E-state index is 0.143. The van der Waals surface area contributed by atoms with Crippen molar-refractivity contribution in [3.05, 3.63) is 71.2 Å². The molecule has 1 aromatic heterocycles. The molecule has 2 amide bonds. The van der Waals surface area contributed by atoms with Crippen molar-refractivity contribution in [3.8, 4) is 0 Å². The van der Waals surface area contributed by atoms with Gasteiger partial charge < -0.3 is 10.6 Å². The van der Waals surface area contributed by atoms with Gasteiger partial charge in [0.15, 0.2) is 4.34 Å². The molecule has 3 rings (SSSR count). The number of anilines is 1. The molecule has 0 fully saturated rings. The van der Waals surface area contributed by atoms with E-state index in [1.807, 2.05) is 37.3 Å². The lowest BCUT2D eigenvalue weighted by Crippen LogP contribution is -2.28. The number of nitrogens with one attached hydrogen (secondary N) is 2. The molecule has 0 spiro atoms. The zero-order valence-corrected chi connectivity index (χ0v) is 16.2. The second kappa shape index (κ2) is 9.29. The Labute approximate surface area is 165 Å². The maximum Gasteiger partial charge on any atom is 0.253 e. The van der Waals surface area contributed by atoms with Crippen molar-refractivity contribution in [1.82, 2.24) is 15.5 Å². The molecular formula is C19H18N4O2S2. The minimum Gasteiger partial charge on any atom is -0.345 e. The molecule has 2 N–H and O–H groups in total. The Kier molecular flexibility index (Phi) is 6.56. The third-order valence-electron chi connectivity index (χ3n) is 3.76. The number of para-hydroxylation sites is 1. The molecule has 0 aliphatic carbocycles. The summed E-state index contributed by atoms with van der Waals surface area (Å²) in [5, 5.41) is 13.4. The number of carbonyl (C=O) groups excluding carboxylic acids is 2. The van der Waals surface area contributed by atoms with Gasteiger partial charge in [0.1, 0.15) is 5.51 Å². The molecule has 0 saturated carbocycles. The van der Waals surface area contributed by atoms with Crippen molar-refractivity contribution in [2.45, 2.75) is 17.3 Å². The van der Waals surface area contributed by atoms with E-state index >= 15 is 0 Å². The van der Waals surface area contributed by atoms with Crippen LogP contribution in [-0.4, -0.2) is 27.8 Å². The fourth-order valence-corrected chi connectivity index (χ4v) is 3.72. The average Bonchev–Trinajstić information content (AvgIpc) is 3.21. The van der Waals surface area contributed by atoms with Crippen LogP contribution >= 0.6 is 23.1 Å². The molecule has 1 atom stereocenters. The van der Waals surface area contributed by atoms with Crippen LogP contribution in [0.1, 0.15) is 28.9 Å². The van der Waals surface area contributed by atoms with E-state index in [2.05, 4.69) is 20.8 Å². The van der Waals surface area contributed by atoms with Gasteiger partial charge in [-0.2, -0.15) is 0 Å². The van der Waals surface area contributed by atoms with Crippen molar-refractivity contribution >= 4 is 40.6 Å². The second-order valence-corrected chi connectivity index (χ2v) is 7.75. The average molecular weight is 399 g/mol. The Bertz CT molecular complexity index is 901. The quantitative estimate of drug-likeness (QED) is 0.592. The van der Waals surface area contributed by atoms with Crippen LogP contribution in [0.25, 0.3) is 0 Å². The normalized spacial score (nSPS) is 11.6. The van der Waals surface area contributed by atoms with E-state index in [0.29, 0.717) is 11.3 Å². The van der Waals surface area contributed by atoms with E-state index in [0.717, 1.165) is 9.90 Å². The van der Waals surface area contributed by atoms with Crippen LogP contribution in [0.5, 0.6) is 0 Å². The maximum atomic E-state index is 12.7. The van der Waals surface area contributed by atoms with E-state index in [9.17, 15) is 9.59 Å². The maximum absolute atomic E-state index is 12.7. The van der Waals surface area contributed by atoms with Gasteiger partial charge >= 0.3 is 0 Å². The predicted molar refractivity (Wildman–Crippen MR) is 108 cm³/mol. The van der Waals surface area contributed by atoms with Crippen LogP contribution in [-0.2, 0) is 4.79 Å². The third-order valence-corrected chi connectivity index (χ3v) is 5.62. The van der Waals surface area contributed by atoms with Gasteiger partial charge in [-0.05, 0) is 24.6 Å². The van der Waals surface area contributed by atoms with E-state index in [1.165, 1.54) is 23.1 Å². The number of amides is 2. The van der Waals surface area contributed by atoms with Gasteiger partial charge in [-0.15, -0.1) is 10.2 Å². The molecule has 0 aliphatic heterocycles. The standard InChI is InChI=1S/C19H18N4O2S2/c1-13(14-7-3-2-4-8-14)21-18(25)15-9-5-6-10-16(15)22-17(24)11-26-19-23-20-12-27-19/h2-10,12-13H,11H2,1H3,(H,21,25)(H,22,24). The molecule has 138 valence electrons. The monoisotopic (exact) mass is 398 g/mol. The molecule has 6 nitrogen and oxygen atoms in total. The van der Waals surface area contributed by atoms with Gasteiger partial charge in [0, 0.05) is 0 Å². The van der Waals surface area contributed by atoms with E-state index in [-0.39, 0.29) is 23.6 Å². The fourth-order valence-electron chi connectivity index (χ4n) is 2.43. The first kappa shape index (κ1) is 19.1. The highest BCUT2D eigenvalue weighted by atomic mass is 32.2. The van der Waals surface area contributed by atoms with Crippen LogP contribution in [0.2, 0.25) is 0 Å². The summed E-state index contributed by atoms with van der Waals surface area (Å²) in [6, 6.07) is 16.5. The summed E-state index contributed by atoms with van der Waals surface area (Å²) < 4.78 is 0.730. The largest absolute Gasteiger partial charge is 0.345 e. The first-order chi connectivity index (χ1) is 13.1. The summed E-state index contributed by atoms with van der Waals surface area (Å²) in [5.74, 6) is -0.239. The molecule has 1 unspecified atom stereocenters. The van der Waals surface area contributed by atoms with Gasteiger partial charge in [0.2, 0.25) is 5.91 Å². The lowest BCUT2D eigenvalue weighted by atomic mass is 10.1. The number of hydrogen-bond donors (Lipinski definition) is 2. The number of nitrogens with zero attached hydrogens (tertiary/aromatic N) is 2. The SMILES string of the molecule is CC(NC(=O)c1ccccc1NC(=O)CSc1nncs1)c1ccccc1. The van der Waals surface area contributed by atoms with Crippen LogP contribution in [0.4, 0.5) is 5.69 Å². The number of hydrogen-bond acceptors (Lipinski definition) is 6. The molecule has 1 heterocycles. The fraction of sp³-hybridized carbons (Fsp3) is 0.158. The number of thioether (sulfide) groups is 1. The van der Waals surface area contributed by atoms with E-state index < -0.39 is 0 Å². The Morgan fingerprint density at radius 2 is 1.85 bits per heavy atom. The third kappa shape index (κ3) is 5.38.